The molecule has 0 saturated heterocycles. The predicted octanol–water partition coefficient (Wildman–Crippen LogP) is 2.26. The Morgan fingerprint density at radius 2 is 2.00 bits per heavy atom. The molecule has 0 amide bonds. The molecule has 1 aliphatic rings. The highest BCUT2D eigenvalue weighted by Gasteiger charge is 2.34. The Balaban J connectivity index is 2.21. The first-order valence-corrected chi connectivity index (χ1v) is 5.39. The maximum absolute atomic E-state index is 11.8. The van der Waals surface area contributed by atoms with Crippen LogP contribution in [0.15, 0.2) is 18.2 Å². The average molecular weight is 204 g/mol. The first-order valence-electron chi connectivity index (χ1n) is 5.39. The molecule has 1 aliphatic carbocycles. The van der Waals surface area contributed by atoms with Crippen LogP contribution in [0.4, 0.5) is 0 Å². The van der Waals surface area contributed by atoms with Crippen LogP contribution in [0, 0.1) is 19.8 Å². The molecule has 0 bridgehead atoms. The number of Topliss-reactive ketones (excluding diaryl/α,β-unsaturated/α-hetero) is 1. The zero-order valence-electron chi connectivity index (χ0n) is 9.16. The van der Waals surface area contributed by atoms with Crippen molar-refractivity contribution < 1.29 is 9.90 Å². The lowest BCUT2D eigenvalue weighted by Crippen LogP contribution is -2.22. The number of aliphatic hydroxyl groups is 1. The molecule has 2 heteroatoms. The molecule has 0 aliphatic heterocycles. The third-order valence-electron chi connectivity index (χ3n) is 3.13. The van der Waals surface area contributed by atoms with Crippen molar-refractivity contribution in [2.75, 3.05) is 0 Å². The SMILES string of the molecule is Cc1ccc(C(=O)C(O)C2CC2)cc1C. The van der Waals surface area contributed by atoms with E-state index in [1.165, 1.54) is 5.56 Å². The van der Waals surface area contributed by atoms with E-state index in [1.54, 1.807) is 6.07 Å². The third-order valence-corrected chi connectivity index (χ3v) is 3.13. The lowest BCUT2D eigenvalue weighted by Gasteiger charge is -2.09. The highest BCUT2D eigenvalue weighted by Crippen LogP contribution is 2.34. The van der Waals surface area contributed by atoms with Gasteiger partial charge in [0.2, 0.25) is 0 Å². The molecular weight excluding hydrogens is 188 g/mol. The van der Waals surface area contributed by atoms with Crippen LogP contribution < -0.4 is 0 Å². The van der Waals surface area contributed by atoms with Crippen LogP contribution in [0.2, 0.25) is 0 Å². The molecule has 0 heterocycles. The van der Waals surface area contributed by atoms with Crippen LogP contribution in [0.5, 0.6) is 0 Å². The summed E-state index contributed by atoms with van der Waals surface area (Å²) < 4.78 is 0. The molecule has 1 unspecified atom stereocenters. The van der Waals surface area contributed by atoms with Gasteiger partial charge in [0, 0.05) is 5.56 Å². The van der Waals surface area contributed by atoms with Gasteiger partial charge >= 0.3 is 0 Å². The van der Waals surface area contributed by atoms with Crippen molar-refractivity contribution in [2.24, 2.45) is 5.92 Å². The second-order valence-electron chi connectivity index (χ2n) is 4.45. The predicted molar refractivity (Wildman–Crippen MR) is 59.0 cm³/mol. The molecule has 0 radical (unpaired) electrons. The number of hydrogen-bond acceptors (Lipinski definition) is 2. The van der Waals surface area contributed by atoms with Crippen LogP contribution in [-0.4, -0.2) is 17.0 Å². The summed E-state index contributed by atoms with van der Waals surface area (Å²) in [5, 5.41) is 9.72. The van der Waals surface area contributed by atoms with Gasteiger partial charge in [-0.2, -0.15) is 0 Å². The third kappa shape index (κ3) is 2.10. The minimum atomic E-state index is -0.785. The summed E-state index contributed by atoms with van der Waals surface area (Å²) >= 11 is 0. The zero-order chi connectivity index (χ0) is 11.0. The number of hydrogen-bond donors (Lipinski definition) is 1. The molecule has 1 saturated carbocycles. The van der Waals surface area contributed by atoms with Gasteiger partial charge in [-0.15, -0.1) is 0 Å². The number of ketones is 1. The number of aryl methyl sites for hydroxylation is 2. The van der Waals surface area contributed by atoms with Gasteiger partial charge in [0.05, 0.1) is 0 Å². The van der Waals surface area contributed by atoms with Crippen molar-refractivity contribution in [3.63, 3.8) is 0 Å². The Kier molecular flexibility index (Phi) is 2.61. The molecule has 1 atom stereocenters. The first-order chi connectivity index (χ1) is 7.09. The summed E-state index contributed by atoms with van der Waals surface area (Å²) in [4.78, 5) is 11.8. The van der Waals surface area contributed by atoms with Gasteiger partial charge in [0.15, 0.2) is 5.78 Å². The molecule has 0 aromatic heterocycles. The number of rotatable bonds is 3. The second kappa shape index (κ2) is 3.78. The van der Waals surface area contributed by atoms with Crippen LogP contribution in [0.25, 0.3) is 0 Å². The molecular formula is C13H16O2. The molecule has 1 aromatic carbocycles. The van der Waals surface area contributed by atoms with E-state index in [4.69, 9.17) is 0 Å². The Morgan fingerprint density at radius 1 is 1.33 bits per heavy atom. The van der Waals surface area contributed by atoms with Crippen LogP contribution in [0.3, 0.4) is 0 Å². The van der Waals surface area contributed by atoms with Gasteiger partial charge in [0.25, 0.3) is 0 Å². The van der Waals surface area contributed by atoms with Crippen molar-refractivity contribution in [1.82, 2.24) is 0 Å². The highest BCUT2D eigenvalue weighted by molar-refractivity contribution is 5.99. The van der Waals surface area contributed by atoms with Crippen molar-refractivity contribution in [2.45, 2.75) is 32.8 Å². The summed E-state index contributed by atoms with van der Waals surface area (Å²) in [5.41, 5.74) is 2.91. The van der Waals surface area contributed by atoms with E-state index >= 15 is 0 Å². The molecule has 1 N–H and O–H groups in total. The monoisotopic (exact) mass is 204 g/mol. The van der Waals surface area contributed by atoms with Crippen molar-refractivity contribution in [3.05, 3.63) is 34.9 Å². The molecule has 1 fully saturated rings. The molecule has 2 nitrogen and oxygen atoms in total. The largest absolute Gasteiger partial charge is 0.385 e. The van der Waals surface area contributed by atoms with E-state index in [0.29, 0.717) is 5.56 Å². The summed E-state index contributed by atoms with van der Waals surface area (Å²) in [5.74, 6) is 0.0831. The van der Waals surface area contributed by atoms with E-state index in [0.717, 1.165) is 18.4 Å². The van der Waals surface area contributed by atoms with Gasteiger partial charge in [-0.1, -0.05) is 12.1 Å². The maximum atomic E-state index is 11.8. The number of carbonyl (C=O) groups excluding carboxylic acids is 1. The fourth-order valence-corrected chi connectivity index (χ4v) is 1.69. The van der Waals surface area contributed by atoms with Gasteiger partial charge in [-0.05, 0) is 49.8 Å². The fraction of sp³-hybridized carbons (Fsp3) is 0.462. The lowest BCUT2D eigenvalue weighted by molar-refractivity contribution is 0.0704. The van der Waals surface area contributed by atoms with Gasteiger partial charge in [-0.25, -0.2) is 0 Å². The maximum Gasteiger partial charge on any atom is 0.191 e. The van der Waals surface area contributed by atoms with E-state index in [-0.39, 0.29) is 11.7 Å². The van der Waals surface area contributed by atoms with Gasteiger partial charge in [0.1, 0.15) is 6.10 Å². The van der Waals surface area contributed by atoms with E-state index in [9.17, 15) is 9.90 Å². The first kappa shape index (κ1) is 10.4. The molecule has 0 spiro atoms. The molecule has 80 valence electrons. The molecule has 2 rings (SSSR count). The minimum Gasteiger partial charge on any atom is -0.385 e. The van der Waals surface area contributed by atoms with Gasteiger partial charge < -0.3 is 5.11 Å². The van der Waals surface area contributed by atoms with Crippen molar-refractivity contribution in [3.8, 4) is 0 Å². The highest BCUT2D eigenvalue weighted by atomic mass is 16.3. The topological polar surface area (TPSA) is 37.3 Å². The number of benzene rings is 1. The quantitative estimate of drug-likeness (QED) is 0.767. The standard InChI is InChI=1S/C13H16O2/c1-8-3-4-11(7-9(8)2)13(15)12(14)10-5-6-10/h3-4,7,10,12,14H,5-6H2,1-2H3. The van der Waals surface area contributed by atoms with Crippen LogP contribution in [0.1, 0.15) is 34.3 Å². The van der Waals surface area contributed by atoms with Crippen molar-refractivity contribution in [1.29, 1.82) is 0 Å². The zero-order valence-corrected chi connectivity index (χ0v) is 9.16. The minimum absolute atomic E-state index is 0.124. The lowest BCUT2D eigenvalue weighted by atomic mass is 9.99. The summed E-state index contributed by atoms with van der Waals surface area (Å²) in [7, 11) is 0. The van der Waals surface area contributed by atoms with Crippen LogP contribution in [-0.2, 0) is 0 Å². The fourth-order valence-electron chi connectivity index (χ4n) is 1.69. The van der Waals surface area contributed by atoms with Gasteiger partial charge in [-0.3, -0.25) is 4.79 Å². The second-order valence-corrected chi connectivity index (χ2v) is 4.45. The van der Waals surface area contributed by atoms with Crippen molar-refractivity contribution >= 4 is 5.78 Å². The van der Waals surface area contributed by atoms with E-state index < -0.39 is 6.10 Å². The Bertz CT molecular complexity index is 392. The number of aliphatic hydroxyl groups excluding tert-OH is 1. The summed E-state index contributed by atoms with van der Waals surface area (Å²) in [6, 6.07) is 5.60. The Morgan fingerprint density at radius 3 is 2.53 bits per heavy atom. The molecule has 1 aromatic rings. The molecule has 15 heavy (non-hydrogen) atoms. The smallest absolute Gasteiger partial charge is 0.191 e. The Hall–Kier alpha value is -1.15. The van der Waals surface area contributed by atoms with E-state index in [1.807, 2.05) is 26.0 Å². The normalized spacial score (nSPS) is 17.5. The van der Waals surface area contributed by atoms with E-state index in [2.05, 4.69) is 0 Å². The summed E-state index contributed by atoms with van der Waals surface area (Å²) in [6.45, 7) is 4.00. The Labute approximate surface area is 89.9 Å². The number of carbonyl (C=O) groups is 1. The van der Waals surface area contributed by atoms with Crippen LogP contribution >= 0.6 is 0 Å². The average Bonchev–Trinajstić information content (AvgIpc) is 3.03. The summed E-state index contributed by atoms with van der Waals surface area (Å²) in [6.07, 6.45) is 1.18.